The van der Waals surface area contributed by atoms with Gasteiger partial charge in [-0.25, -0.2) is 0 Å². The maximum absolute atomic E-state index is 9.46. The summed E-state index contributed by atoms with van der Waals surface area (Å²) in [6, 6.07) is 0. The van der Waals surface area contributed by atoms with Gasteiger partial charge in [-0.15, -0.1) is 0 Å². The first-order valence-corrected chi connectivity index (χ1v) is 5.87. The van der Waals surface area contributed by atoms with Gasteiger partial charge in [0.25, 0.3) is 0 Å². The van der Waals surface area contributed by atoms with Crippen molar-refractivity contribution in [2.24, 2.45) is 5.92 Å². The van der Waals surface area contributed by atoms with Crippen LogP contribution in [0.3, 0.4) is 0 Å². The SMILES string of the molecule is CC(CS)CN1CCCC(O)CC1. The highest BCUT2D eigenvalue weighted by molar-refractivity contribution is 7.80. The fraction of sp³-hybridized carbons (Fsp3) is 1.00. The van der Waals surface area contributed by atoms with Crippen LogP contribution in [-0.2, 0) is 0 Å². The smallest absolute Gasteiger partial charge is 0.0553 e. The van der Waals surface area contributed by atoms with Crippen LogP contribution in [0.15, 0.2) is 0 Å². The Bertz CT molecular complexity index is 143. The number of thiol groups is 1. The van der Waals surface area contributed by atoms with Crippen molar-refractivity contribution in [1.82, 2.24) is 4.90 Å². The van der Waals surface area contributed by atoms with Gasteiger partial charge in [-0.2, -0.15) is 12.6 Å². The van der Waals surface area contributed by atoms with Gasteiger partial charge in [0, 0.05) is 13.1 Å². The predicted octanol–water partition coefficient (Wildman–Crippen LogP) is 1.40. The Morgan fingerprint density at radius 2 is 2.23 bits per heavy atom. The van der Waals surface area contributed by atoms with Gasteiger partial charge in [0.2, 0.25) is 0 Å². The van der Waals surface area contributed by atoms with E-state index < -0.39 is 0 Å². The van der Waals surface area contributed by atoms with Gasteiger partial charge < -0.3 is 10.0 Å². The molecule has 2 atom stereocenters. The van der Waals surface area contributed by atoms with Crippen LogP contribution in [0.4, 0.5) is 0 Å². The number of aliphatic hydroxyl groups is 1. The summed E-state index contributed by atoms with van der Waals surface area (Å²) in [6.07, 6.45) is 3.00. The second-order valence-electron chi connectivity index (χ2n) is 4.17. The fourth-order valence-electron chi connectivity index (χ4n) is 1.82. The van der Waals surface area contributed by atoms with E-state index in [9.17, 15) is 5.11 Å². The molecular formula is C10H21NOS. The van der Waals surface area contributed by atoms with E-state index >= 15 is 0 Å². The molecule has 2 unspecified atom stereocenters. The molecule has 78 valence electrons. The molecule has 1 rings (SSSR count). The Kier molecular flexibility index (Phi) is 5.14. The van der Waals surface area contributed by atoms with Crippen LogP contribution in [-0.4, -0.2) is 41.5 Å². The second kappa shape index (κ2) is 5.89. The van der Waals surface area contributed by atoms with E-state index in [2.05, 4.69) is 24.5 Å². The third-order valence-electron chi connectivity index (χ3n) is 2.67. The molecule has 0 aromatic heterocycles. The van der Waals surface area contributed by atoms with Crippen LogP contribution in [0.1, 0.15) is 26.2 Å². The summed E-state index contributed by atoms with van der Waals surface area (Å²) in [5.41, 5.74) is 0. The molecule has 0 aromatic rings. The van der Waals surface area contributed by atoms with Crippen LogP contribution in [0.5, 0.6) is 0 Å². The minimum absolute atomic E-state index is 0.0590. The number of rotatable bonds is 3. The lowest BCUT2D eigenvalue weighted by Crippen LogP contribution is -2.30. The maximum Gasteiger partial charge on any atom is 0.0553 e. The van der Waals surface area contributed by atoms with Crippen molar-refractivity contribution < 1.29 is 5.11 Å². The van der Waals surface area contributed by atoms with Crippen LogP contribution >= 0.6 is 12.6 Å². The summed E-state index contributed by atoms with van der Waals surface area (Å²) in [5, 5.41) is 9.46. The Morgan fingerprint density at radius 1 is 1.46 bits per heavy atom. The van der Waals surface area contributed by atoms with Gasteiger partial charge >= 0.3 is 0 Å². The summed E-state index contributed by atoms with van der Waals surface area (Å²) in [7, 11) is 0. The zero-order chi connectivity index (χ0) is 9.68. The van der Waals surface area contributed by atoms with Crippen molar-refractivity contribution >= 4 is 12.6 Å². The largest absolute Gasteiger partial charge is 0.393 e. The third kappa shape index (κ3) is 4.34. The van der Waals surface area contributed by atoms with Gasteiger partial charge in [0.15, 0.2) is 0 Å². The molecule has 0 spiro atoms. The van der Waals surface area contributed by atoms with Crippen molar-refractivity contribution in [2.75, 3.05) is 25.4 Å². The molecule has 0 aliphatic carbocycles. The summed E-state index contributed by atoms with van der Waals surface area (Å²) in [6.45, 7) is 5.57. The zero-order valence-corrected chi connectivity index (χ0v) is 9.34. The van der Waals surface area contributed by atoms with Crippen molar-refractivity contribution in [3.63, 3.8) is 0 Å². The number of nitrogens with zero attached hydrogens (tertiary/aromatic N) is 1. The van der Waals surface area contributed by atoms with E-state index in [1.807, 2.05) is 0 Å². The lowest BCUT2D eigenvalue weighted by Gasteiger charge is -2.22. The van der Waals surface area contributed by atoms with Gasteiger partial charge in [-0.05, 0) is 37.5 Å². The molecule has 3 heteroatoms. The average Bonchev–Trinajstić information content (AvgIpc) is 2.31. The van der Waals surface area contributed by atoms with E-state index in [4.69, 9.17) is 0 Å². The molecule has 0 bridgehead atoms. The maximum atomic E-state index is 9.46. The van der Waals surface area contributed by atoms with E-state index in [-0.39, 0.29) is 6.10 Å². The lowest BCUT2D eigenvalue weighted by molar-refractivity contribution is 0.154. The quantitative estimate of drug-likeness (QED) is 0.677. The van der Waals surface area contributed by atoms with E-state index in [1.165, 1.54) is 0 Å². The molecule has 0 radical (unpaired) electrons. The first-order valence-electron chi connectivity index (χ1n) is 5.23. The predicted molar refractivity (Wildman–Crippen MR) is 59.3 cm³/mol. The second-order valence-corrected chi connectivity index (χ2v) is 4.54. The first-order chi connectivity index (χ1) is 6.22. The molecule has 1 N–H and O–H groups in total. The van der Waals surface area contributed by atoms with Gasteiger partial charge in [-0.3, -0.25) is 0 Å². The highest BCUT2D eigenvalue weighted by Crippen LogP contribution is 2.12. The number of aliphatic hydroxyl groups excluding tert-OH is 1. The minimum atomic E-state index is -0.0590. The van der Waals surface area contributed by atoms with E-state index in [1.54, 1.807) is 0 Å². The van der Waals surface area contributed by atoms with Crippen LogP contribution in [0.25, 0.3) is 0 Å². The number of hydrogen-bond donors (Lipinski definition) is 2. The highest BCUT2D eigenvalue weighted by Gasteiger charge is 2.15. The van der Waals surface area contributed by atoms with Crippen molar-refractivity contribution in [1.29, 1.82) is 0 Å². The number of hydrogen-bond acceptors (Lipinski definition) is 3. The fourth-order valence-corrected chi connectivity index (χ4v) is 1.93. The first kappa shape index (κ1) is 11.3. The third-order valence-corrected chi connectivity index (χ3v) is 3.30. The molecule has 1 fully saturated rings. The Morgan fingerprint density at radius 3 is 2.92 bits per heavy atom. The van der Waals surface area contributed by atoms with Gasteiger partial charge in [0.05, 0.1) is 6.10 Å². The average molecular weight is 203 g/mol. The molecule has 0 amide bonds. The standard InChI is InChI=1S/C10H21NOS/c1-9(8-13)7-11-5-2-3-10(12)4-6-11/h9-10,12-13H,2-8H2,1H3. The molecule has 1 saturated heterocycles. The highest BCUT2D eigenvalue weighted by atomic mass is 32.1. The topological polar surface area (TPSA) is 23.5 Å². The Hall–Kier alpha value is 0.270. The molecule has 1 aliphatic heterocycles. The van der Waals surface area contributed by atoms with Crippen molar-refractivity contribution in [3.8, 4) is 0 Å². The molecule has 13 heavy (non-hydrogen) atoms. The molecule has 1 heterocycles. The van der Waals surface area contributed by atoms with Crippen molar-refractivity contribution in [3.05, 3.63) is 0 Å². The summed E-state index contributed by atoms with van der Waals surface area (Å²) >= 11 is 4.28. The lowest BCUT2D eigenvalue weighted by atomic mass is 10.2. The van der Waals surface area contributed by atoms with E-state index in [0.29, 0.717) is 5.92 Å². The normalized spacial score (nSPS) is 28.4. The molecule has 2 nitrogen and oxygen atoms in total. The summed E-state index contributed by atoms with van der Waals surface area (Å²) in [5.74, 6) is 1.62. The Labute approximate surface area is 86.7 Å². The summed E-state index contributed by atoms with van der Waals surface area (Å²) < 4.78 is 0. The van der Waals surface area contributed by atoms with Crippen LogP contribution < -0.4 is 0 Å². The molecule has 1 aliphatic rings. The summed E-state index contributed by atoms with van der Waals surface area (Å²) in [4.78, 5) is 2.46. The monoisotopic (exact) mass is 203 g/mol. The van der Waals surface area contributed by atoms with Gasteiger partial charge in [0.1, 0.15) is 0 Å². The Balaban J connectivity index is 2.25. The van der Waals surface area contributed by atoms with Crippen LogP contribution in [0.2, 0.25) is 0 Å². The molecule has 0 saturated carbocycles. The van der Waals surface area contributed by atoms with Gasteiger partial charge in [-0.1, -0.05) is 6.92 Å². The molecule has 0 aromatic carbocycles. The molecular weight excluding hydrogens is 182 g/mol. The van der Waals surface area contributed by atoms with Crippen molar-refractivity contribution in [2.45, 2.75) is 32.3 Å². The number of likely N-dealkylation sites (tertiary alicyclic amines) is 1. The van der Waals surface area contributed by atoms with Crippen LogP contribution in [0, 0.1) is 5.92 Å². The zero-order valence-electron chi connectivity index (χ0n) is 8.45. The minimum Gasteiger partial charge on any atom is -0.393 e. The van der Waals surface area contributed by atoms with E-state index in [0.717, 1.165) is 44.6 Å².